The lowest BCUT2D eigenvalue weighted by Crippen LogP contribution is -2.15. The predicted octanol–water partition coefficient (Wildman–Crippen LogP) is 5.25. The van der Waals surface area contributed by atoms with E-state index in [2.05, 4.69) is 15.9 Å². The molecule has 0 aromatic heterocycles. The van der Waals surface area contributed by atoms with Crippen molar-refractivity contribution in [1.82, 2.24) is 0 Å². The first-order valence-electron chi connectivity index (χ1n) is 6.14. The van der Waals surface area contributed by atoms with Gasteiger partial charge in [-0.1, -0.05) is 51.3 Å². The molecule has 0 saturated carbocycles. The molecule has 1 aliphatic heterocycles. The van der Waals surface area contributed by atoms with Gasteiger partial charge in [-0.2, -0.15) is 0 Å². The fraction of sp³-hybridized carbons (Fsp3) is 0.200. The molecule has 1 aliphatic rings. The van der Waals surface area contributed by atoms with E-state index in [1.807, 2.05) is 30.3 Å². The highest BCUT2D eigenvalue weighted by Gasteiger charge is 2.20. The van der Waals surface area contributed by atoms with Crippen LogP contribution in [-0.4, -0.2) is 13.2 Å². The topological polar surface area (TPSA) is 18.5 Å². The lowest BCUT2D eigenvalue weighted by molar-refractivity contribution is 0.171. The third kappa shape index (κ3) is 2.76. The number of halogens is 3. The van der Waals surface area contributed by atoms with Crippen molar-refractivity contribution in [2.45, 2.75) is 4.83 Å². The highest BCUT2D eigenvalue weighted by Crippen LogP contribution is 2.42. The van der Waals surface area contributed by atoms with Gasteiger partial charge in [-0.3, -0.25) is 0 Å². The van der Waals surface area contributed by atoms with Gasteiger partial charge < -0.3 is 9.47 Å². The minimum Gasteiger partial charge on any atom is -0.486 e. The molecule has 1 unspecified atom stereocenters. The maximum absolute atomic E-state index is 6.35. The van der Waals surface area contributed by atoms with Crippen molar-refractivity contribution < 1.29 is 9.47 Å². The Balaban J connectivity index is 1.98. The lowest BCUT2D eigenvalue weighted by Gasteiger charge is -2.21. The van der Waals surface area contributed by atoms with Crippen LogP contribution in [0.1, 0.15) is 16.0 Å². The molecule has 2 aromatic carbocycles. The molecule has 0 radical (unpaired) electrons. The van der Waals surface area contributed by atoms with Crippen LogP contribution >= 0.6 is 39.1 Å². The molecular weight excluding hydrogens is 363 g/mol. The Morgan fingerprint density at radius 2 is 1.55 bits per heavy atom. The third-order valence-electron chi connectivity index (χ3n) is 3.10. The van der Waals surface area contributed by atoms with Crippen LogP contribution in [0.4, 0.5) is 0 Å². The molecule has 0 bridgehead atoms. The Morgan fingerprint density at radius 1 is 0.950 bits per heavy atom. The molecule has 0 fully saturated rings. The van der Waals surface area contributed by atoms with Crippen LogP contribution in [0.3, 0.4) is 0 Å². The smallest absolute Gasteiger partial charge is 0.162 e. The molecule has 2 nitrogen and oxygen atoms in total. The van der Waals surface area contributed by atoms with Gasteiger partial charge in [0.05, 0.1) is 4.83 Å². The summed E-state index contributed by atoms with van der Waals surface area (Å²) in [5.74, 6) is 1.43. The van der Waals surface area contributed by atoms with E-state index < -0.39 is 0 Å². The van der Waals surface area contributed by atoms with E-state index in [1.165, 1.54) is 0 Å². The van der Waals surface area contributed by atoms with Crippen molar-refractivity contribution >= 4 is 39.1 Å². The Morgan fingerprint density at radius 3 is 2.20 bits per heavy atom. The zero-order valence-electron chi connectivity index (χ0n) is 10.4. The van der Waals surface area contributed by atoms with Gasteiger partial charge in [0.1, 0.15) is 13.2 Å². The average Bonchev–Trinajstić information content (AvgIpc) is 2.46. The monoisotopic (exact) mass is 372 g/mol. The zero-order chi connectivity index (χ0) is 14.1. The Hall–Kier alpha value is -0.900. The van der Waals surface area contributed by atoms with Crippen LogP contribution in [-0.2, 0) is 0 Å². The molecule has 1 atom stereocenters. The van der Waals surface area contributed by atoms with Gasteiger partial charge >= 0.3 is 0 Å². The molecule has 0 aliphatic carbocycles. The molecule has 1 heterocycles. The first kappa shape index (κ1) is 14.1. The molecule has 0 spiro atoms. The van der Waals surface area contributed by atoms with Gasteiger partial charge in [0.15, 0.2) is 11.5 Å². The van der Waals surface area contributed by atoms with Crippen LogP contribution in [0.5, 0.6) is 11.5 Å². The number of rotatable bonds is 2. The lowest BCUT2D eigenvalue weighted by atomic mass is 10.0. The molecule has 5 heteroatoms. The Kier molecular flexibility index (Phi) is 4.11. The van der Waals surface area contributed by atoms with Crippen molar-refractivity contribution in [1.29, 1.82) is 0 Å². The van der Waals surface area contributed by atoms with E-state index in [0.717, 1.165) is 16.9 Å². The number of fused-ring (bicyclic) bond motifs is 1. The third-order valence-corrected chi connectivity index (χ3v) is 4.70. The number of alkyl halides is 1. The second-order valence-corrected chi connectivity index (χ2v) is 6.19. The van der Waals surface area contributed by atoms with Crippen molar-refractivity contribution in [2.75, 3.05) is 13.2 Å². The van der Waals surface area contributed by atoms with E-state index in [4.69, 9.17) is 32.7 Å². The quantitative estimate of drug-likeness (QED) is 0.669. The summed E-state index contributed by atoms with van der Waals surface area (Å²) in [5.41, 5.74) is 2.02. The van der Waals surface area contributed by atoms with Crippen LogP contribution in [0.15, 0.2) is 36.4 Å². The van der Waals surface area contributed by atoms with E-state index >= 15 is 0 Å². The van der Waals surface area contributed by atoms with Gasteiger partial charge in [0.2, 0.25) is 0 Å². The predicted molar refractivity (Wildman–Crippen MR) is 84.7 cm³/mol. The molecule has 0 saturated heterocycles. The average molecular weight is 374 g/mol. The first-order valence-corrected chi connectivity index (χ1v) is 7.81. The minimum absolute atomic E-state index is 0.0249. The highest BCUT2D eigenvalue weighted by atomic mass is 79.9. The van der Waals surface area contributed by atoms with E-state index in [-0.39, 0.29) is 4.83 Å². The van der Waals surface area contributed by atoms with Crippen LogP contribution in [0, 0.1) is 0 Å². The van der Waals surface area contributed by atoms with Gasteiger partial charge in [-0.05, 0) is 29.3 Å². The molecule has 3 rings (SSSR count). The molecule has 2 aromatic rings. The summed E-state index contributed by atoms with van der Waals surface area (Å²) in [4.78, 5) is -0.0249. The van der Waals surface area contributed by atoms with Crippen LogP contribution in [0.25, 0.3) is 0 Å². The second-order valence-electron chi connectivity index (χ2n) is 4.43. The van der Waals surface area contributed by atoms with Gasteiger partial charge in [0.25, 0.3) is 0 Å². The largest absolute Gasteiger partial charge is 0.486 e. The maximum Gasteiger partial charge on any atom is 0.162 e. The fourth-order valence-corrected chi connectivity index (χ4v) is 3.29. The molecule has 0 N–H and O–H groups in total. The fourth-order valence-electron chi connectivity index (χ4n) is 2.09. The van der Waals surface area contributed by atoms with Gasteiger partial charge in [-0.15, -0.1) is 0 Å². The second kappa shape index (κ2) is 5.84. The summed E-state index contributed by atoms with van der Waals surface area (Å²) >= 11 is 15.9. The molecule has 0 amide bonds. The maximum atomic E-state index is 6.35. The zero-order valence-corrected chi connectivity index (χ0v) is 13.5. The van der Waals surface area contributed by atoms with E-state index in [9.17, 15) is 0 Å². The van der Waals surface area contributed by atoms with Crippen molar-refractivity contribution in [3.63, 3.8) is 0 Å². The summed E-state index contributed by atoms with van der Waals surface area (Å²) < 4.78 is 11.1. The number of hydrogen-bond donors (Lipinski definition) is 0. The van der Waals surface area contributed by atoms with Gasteiger partial charge in [-0.25, -0.2) is 0 Å². The van der Waals surface area contributed by atoms with Crippen molar-refractivity contribution in [3.8, 4) is 11.5 Å². The van der Waals surface area contributed by atoms with Crippen LogP contribution < -0.4 is 9.47 Å². The molecular formula is C15H11BrCl2O2. The normalized spacial score (nSPS) is 14.9. The number of hydrogen-bond acceptors (Lipinski definition) is 2. The minimum atomic E-state index is -0.0249. The standard InChI is InChI=1S/C15H11BrCl2O2/c16-15(9-1-3-10(17)4-2-9)11-7-13-14(8-12(11)18)20-6-5-19-13/h1-4,7-8,15H,5-6H2. The van der Waals surface area contributed by atoms with Gasteiger partial charge in [0, 0.05) is 16.1 Å². The SMILES string of the molecule is Clc1ccc(C(Br)c2cc3c(cc2Cl)OCCO3)cc1. The van der Waals surface area contributed by atoms with E-state index in [1.54, 1.807) is 6.07 Å². The molecule has 104 valence electrons. The summed E-state index contributed by atoms with van der Waals surface area (Å²) in [6.07, 6.45) is 0. The molecule has 20 heavy (non-hydrogen) atoms. The number of ether oxygens (including phenoxy) is 2. The van der Waals surface area contributed by atoms with Crippen molar-refractivity contribution in [3.05, 3.63) is 57.6 Å². The first-order chi connectivity index (χ1) is 9.65. The Bertz CT molecular complexity index is 629. The van der Waals surface area contributed by atoms with Crippen LogP contribution in [0.2, 0.25) is 10.0 Å². The number of benzene rings is 2. The van der Waals surface area contributed by atoms with Crippen molar-refractivity contribution in [2.24, 2.45) is 0 Å². The summed E-state index contributed by atoms with van der Waals surface area (Å²) in [7, 11) is 0. The summed E-state index contributed by atoms with van der Waals surface area (Å²) in [6, 6.07) is 11.4. The summed E-state index contributed by atoms with van der Waals surface area (Å²) in [6.45, 7) is 1.11. The highest BCUT2D eigenvalue weighted by molar-refractivity contribution is 9.09. The summed E-state index contributed by atoms with van der Waals surface area (Å²) in [5, 5.41) is 1.35. The Labute approximate surface area is 135 Å². The van der Waals surface area contributed by atoms with E-state index in [0.29, 0.717) is 29.0 Å².